The molecule has 2 heterocycles. The van der Waals surface area contributed by atoms with E-state index in [1.54, 1.807) is 0 Å². The van der Waals surface area contributed by atoms with Gasteiger partial charge in [0.15, 0.2) is 10.8 Å². The first kappa shape index (κ1) is 14.0. The minimum atomic E-state index is -0.834. The summed E-state index contributed by atoms with van der Waals surface area (Å²) in [5, 5.41) is 10.9. The standard InChI is InChI=1S/C15H15ClN4O/c1-9(2)20-14-11(13(16)17-8-18-14)19-15(20)12(21)10-6-4-3-5-7-10/h3-9,12,21H,1-2H3. The third-order valence-electron chi connectivity index (χ3n) is 3.34. The molecule has 0 bridgehead atoms. The summed E-state index contributed by atoms with van der Waals surface area (Å²) in [6.45, 7) is 4.02. The maximum absolute atomic E-state index is 10.6. The Morgan fingerprint density at radius 3 is 2.52 bits per heavy atom. The van der Waals surface area contributed by atoms with Gasteiger partial charge in [-0.1, -0.05) is 41.9 Å². The second-order valence-electron chi connectivity index (χ2n) is 5.08. The third-order valence-corrected chi connectivity index (χ3v) is 3.61. The highest BCUT2D eigenvalue weighted by molar-refractivity contribution is 6.33. The Morgan fingerprint density at radius 2 is 1.86 bits per heavy atom. The van der Waals surface area contributed by atoms with E-state index in [1.165, 1.54) is 6.33 Å². The van der Waals surface area contributed by atoms with Crippen LogP contribution in [-0.4, -0.2) is 24.6 Å². The molecule has 21 heavy (non-hydrogen) atoms. The molecule has 0 spiro atoms. The quantitative estimate of drug-likeness (QED) is 0.755. The van der Waals surface area contributed by atoms with Crippen LogP contribution in [0, 0.1) is 0 Å². The van der Waals surface area contributed by atoms with E-state index in [0.717, 1.165) is 5.56 Å². The maximum Gasteiger partial charge on any atom is 0.165 e. The molecule has 3 aromatic rings. The summed E-state index contributed by atoms with van der Waals surface area (Å²) in [7, 11) is 0. The van der Waals surface area contributed by atoms with Crippen molar-refractivity contribution in [3.8, 4) is 0 Å². The lowest BCUT2D eigenvalue weighted by Crippen LogP contribution is -2.12. The highest BCUT2D eigenvalue weighted by Gasteiger charge is 2.23. The van der Waals surface area contributed by atoms with Crippen LogP contribution in [0.2, 0.25) is 5.15 Å². The van der Waals surface area contributed by atoms with Crippen molar-refractivity contribution in [1.29, 1.82) is 0 Å². The first-order chi connectivity index (χ1) is 10.1. The molecule has 0 fully saturated rings. The summed E-state index contributed by atoms with van der Waals surface area (Å²) in [5.74, 6) is 0.522. The number of halogens is 1. The molecular weight excluding hydrogens is 288 g/mol. The van der Waals surface area contributed by atoms with Crippen molar-refractivity contribution < 1.29 is 5.11 Å². The van der Waals surface area contributed by atoms with Gasteiger partial charge in [-0.3, -0.25) is 0 Å². The van der Waals surface area contributed by atoms with Crippen molar-refractivity contribution in [1.82, 2.24) is 19.5 Å². The molecule has 3 rings (SSSR count). The van der Waals surface area contributed by atoms with Crippen LogP contribution < -0.4 is 0 Å². The van der Waals surface area contributed by atoms with E-state index in [4.69, 9.17) is 11.6 Å². The number of benzene rings is 1. The fraction of sp³-hybridized carbons (Fsp3) is 0.267. The summed E-state index contributed by atoms with van der Waals surface area (Å²) in [6.07, 6.45) is 0.572. The zero-order valence-electron chi connectivity index (χ0n) is 11.7. The molecule has 108 valence electrons. The number of fused-ring (bicyclic) bond motifs is 1. The molecule has 6 heteroatoms. The Labute approximate surface area is 127 Å². The van der Waals surface area contributed by atoms with Gasteiger partial charge in [-0.2, -0.15) is 0 Å². The minimum Gasteiger partial charge on any atom is -0.380 e. The van der Waals surface area contributed by atoms with E-state index in [9.17, 15) is 5.11 Å². The smallest absolute Gasteiger partial charge is 0.165 e. The van der Waals surface area contributed by atoms with Crippen LogP contribution in [0.15, 0.2) is 36.7 Å². The Bertz CT molecular complexity index is 770. The van der Waals surface area contributed by atoms with Crippen molar-refractivity contribution in [3.63, 3.8) is 0 Å². The van der Waals surface area contributed by atoms with Crippen molar-refractivity contribution in [2.24, 2.45) is 0 Å². The van der Waals surface area contributed by atoms with Crippen LogP contribution in [0.3, 0.4) is 0 Å². The molecule has 0 saturated carbocycles. The summed E-state index contributed by atoms with van der Waals surface area (Å²) in [6, 6.07) is 9.49. The van der Waals surface area contributed by atoms with Crippen LogP contribution >= 0.6 is 11.6 Å². The number of rotatable bonds is 3. The van der Waals surface area contributed by atoms with Crippen LogP contribution in [0.1, 0.15) is 37.4 Å². The van der Waals surface area contributed by atoms with Crippen molar-refractivity contribution in [2.75, 3.05) is 0 Å². The molecule has 0 aliphatic carbocycles. The van der Waals surface area contributed by atoms with E-state index < -0.39 is 6.10 Å². The van der Waals surface area contributed by atoms with Gasteiger partial charge in [-0.25, -0.2) is 15.0 Å². The van der Waals surface area contributed by atoms with Gasteiger partial charge in [0, 0.05) is 6.04 Å². The molecule has 0 aliphatic heterocycles. The Kier molecular flexibility index (Phi) is 3.61. The molecule has 0 aliphatic rings. The summed E-state index contributed by atoms with van der Waals surface area (Å²) >= 11 is 6.09. The summed E-state index contributed by atoms with van der Waals surface area (Å²) in [4.78, 5) is 12.7. The van der Waals surface area contributed by atoms with E-state index >= 15 is 0 Å². The largest absolute Gasteiger partial charge is 0.380 e. The molecule has 1 N–H and O–H groups in total. The van der Waals surface area contributed by atoms with Crippen LogP contribution in [0.4, 0.5) is 0 Å². The molecule has 1 aromatic carbocycles. The molecular formula is C15H15ClN4O. The van der Waals surface area contributed by atoms with Crippen molar-refractivity contribution >= 4 is 22.8 Å². The molecule has 0 amide bonds. The van der Waals surface area contributed by atoms with Gasteiger partial charge >= 0.3 is 0 Å². The molecule has 0 radical (unpaired) electrons. The second-order valence-corrected chi connectivity index (χ2v) is 5.44. The van der Waals surface area contributed by atoms with Gasteiger partial charge in [0.25, 0.3) is 0 Å². The van der Waals surface area contributed by atoms with Gasteiger partial charge in [-0.15, -0.1) is 0 Å². The average Bonchev–Trinajstić information content (AvgIpc) is 2.88. The van der Waals surface area contributed by atoms with E-state index in [1.807, 2.05) is 48.7 Å². The number of aliphatic hydroxyl groups is 1. The van der Waals surface area contributed by atoms with Gasteiger partial charge in [-0.05, 0) is 19.4 Å². The minimum absolute atomic E-state index is 0.0920. The van der Waals surface area contributed by atoms with E-state index in [2.05, 4.69) is 15.0 Å². The number of aromatic nitrogens is 4. The fourth-order valence-corrected chi connectivity index (χ4v) is 2.55. The average molecular weight is 303 g/mol. The zero-order valence-corrected chi connectivity index (χ0v) is 12.5. The SMILES string of the molecule is CC(C)n1c(C(O)c2ccccc2)nc2c(Cl)ncnc21. The van der Waals surface area contributed by atoms with Crippen LogP contribution in [0.25, 0.3) is 11.2 Å². The Morgan fingerprint density at radius 1 is 1.14 bits per heavy atom. The van der Waals surface area contributed by atoms with Gasteiger partial charge in [0.05, 0.1) is 0 Å². The highest BCUT2D eigenvalue weighted by atomic mass is 35.5. The predicted octanol–water partition coefficient (Wildman–Crippen LogP) is 3.14. The Hall–Kier alpha value is -1.98. The molecule has 0 saturated heterocycles. The molecule has 2 aromatic heterocycles. The first-order valence-corrected chi connectivity index (χ1v) is 7.08. The van der Waals surface area contributed by atoms with Crippen LogP contribution in [-0.2, 0) is 0 Å². The molecule has 1 unspecified atom stereocenters. The third kappa shape index (κ3) is 2.39. The topological polar surface area (TPSA) is 63.8 Å². The predicted molar refractivity (Wildman–Crippen MR) is 81.2 cm³/mol. The van der Waals surface area contributed by atoms with Gasteiger partial charge in [0.2, 0.25) is 0 Å². The van der Waals surface area contributed by atoms with Crippen molar-refractivity contribution in [2.45, 2.75) is 26.0 Å². The van der Waals surface area contributed by atoms with E-state index in [-0.39, 0.29) is 6.04 Å². The highest BCUT2D eigenvalue weighted by Crippen LogP contribution is 2.29. The number of nitrogens with zero attached hydrogens (tertiary/aromatic N) is 4. The summed E-state index contributed by atoms with van der Waals surface area (Å²) < 4.78 is 1.89. The lowest BCUT2D eigenvalue weighted by molar-refractivity contribution is 0.203. The van der Waals surface area contributed by atoms with Gasteiger partial charge in [0.1, 0.15) is 23.8 Å². The fourth-order valence-electron chi connectivity index (χ4n) is 2.38. The van der Waals surface area contributed by atoms with Crippen molar-refractivity contribution in [3.05, 3.63) is 53.2 Å². The monoisotopic (exact) mass is 302 g/mol. The maximum atomic E-state index is 10.6. The molecule has 1 atom stereocenters. The first-order valence-electron chi connectivity index (χ1n) is 6.71. The van der Waals surface area contributed by atoms with E-state index in [0.29, 0.717) is 22.1 Å². The summed E-state index contributed by atoms with van der Waals surface area (Å²) in [5.41, 5.74) is 1.92. The Balaban J connectivity index is 2.22. The number of imidazole rings is 1. The lowest BCUT2D eigenvalue weighted by atomic mass is 10.1. The molecule has 5 nitrogen and oxygen atoms in total. The lowest BCUT2D eigenvalue weighted by Gasteiger charge is -2.16. The normalized spacial score (nSPS) is 13.0. The number of hydrogen-bond donors (Lipinski definition) is 1. The number of aliphatic hydroxyl groups excluding tert-OH is 1. The number of hydrogen-bond acceptors (Lipinski definition) is 4. The second kappa shape index (κ2) is 5.42. The zero-order chi connectivity index (χ0) is 15.0. The van der Waals surface area contributed by atoms with Gasteiger partial charge < -0.3 is 9.67 Å². The van der Waals surface area contributed by atoms with Crippen LogP contribution in [0.5, 0.6) is 0 Å².